The van der Waals surface area contributed by atoms with Gasteiger partial charge in [-0.3, -0.25) is 4.99 Å². The Balaban J connectivity index is 2.26. The molecule has 0 saturated heterocycles. The standard InChI is InChI=1S/C25H30NOP/c1-5-26-19-13-8-14-20-28(4,27-25-18-12-11-16-23(25)3)21-24-17-10-7-6-9-15-22(24)2/h6-8,11-13,15-19H,4-5,14,20-21H2,1-3H3/b13-8-,24-22+,26-19?. The Kier molecular flexibility index (Phi) is 8.86. The number of nitrogens with zero attached hydrogens (tertiary/aromatic N) is 1. The number of aryl methyl sites for hydroxylation is 1. The molecule has 1 aliphatic rings. The van der Waals surface area contributed by atoms with E-state index in [2.05, 4.69) is 48.7 Å². The van der Waals surface area contributed by atoms with E-state index in [9.17, 15) is 0 Å². The zero-order valence-corrected chi connectivity index (χ0v) is 18.1. The van der Waals surface area contributed by atoms with E-state index in [1.807, 2.05) is 61.7 Å². The van der Waals surface area contributed by atoms with E-state index in [1.54, 1.807) is 0 Å². The summed E-state index contributed by atoms with van der Waals surface area (Å²) < 4.78 is 6.58. The summed E-state index contributed by atoms with van der Waals surface area (Å²) in [4.78, 5) is 4.22. The average molecular weight is 391 g/mol. The van der Waals surface area contributed by atoms with E-state index >= 15 is 0 Å². The molecular formula is C25H30NOP. The van der Waals surface area contributed by atoms with Crippen LogP contribution in [-0.2, 0) is 0 Å². The molecule has 0 radical (unpaired) electrons. The van der Waals surface area contributed by atoms with Gasteiger partial charge in [0.25, 0.3) is 0 Å². The van der Waals surface area contributed by atoms with Crippen molar-refractivity contribution in [3.8, 4) is 5.75 Å². The monoisotopic (exact) mass is 391 g/mol. The molecule has 2 rings (SSSR count). The maximum absolute atomic E-state index is 6.58. The minimum absolute atomic E-state index is 0.808. The first kappa shape index (κ1) is 21.8. The lowest BCUT2D eigenvalue weighted by atomic mass is 10.1. The van der Waals surface area contributed by atoms with Crippen LogP contribution in [0.5, 0.6) is 5.75 Å². The minimum Gasteiger partial charge on any atom is -0.477 e. The fourth-order valence-electron chi connectivity index (χ4n) is 2.76. The molecule has 2 nitrogen and oxygen atoms in total. The lowest BCUT2D eigenvalue weighted by Gasteiger charge is -2.27. The average Bonchev–Trinajstić information content (AvgIpc) is 2.66. The Morgan fingerprint density at radius 3 is 2.64 bits per heavy atom. The molecule has 0 aliphatic heterocycles. The minimum atomic E-state index is -1.96. The molecule has 28 heavy (non-hydrogen) atoms. The molecular weight excluding hydrogens is 361 g/mol. The van der Waals surface area contributed by atoms with Gasteiger partial charge < -0.3 is 4.52 Å². The second-order valence-electron chi connectivity index (χ2n) is 6.82. The van der Waals surface area contributed by atoms with Crippen molar-refractivity contribution in [1.82, 2.24) is 0 Å². The van der Waals surface area contributed by atoms with Crippen molar-refractivity contribution in [2.24, 2.45) is 4.99 Å². The number of hydrogen-bond donors (Lipinski definition) is 0. The maximum Gasteiger partial charge on any atom is 0.125 e. The van der Waals surface area contributed by atoms with Crippen LogP contribution in [-0.4, -0.2) is 31.4 Å². The van der Waals surface area contributed by atoms with Gasteiger partial charge in [-0.1, -0.05) is 30.6 Å². The lowest BCUT2D eigenvalue weighted by molar-refractivity contribution is 0.604. The van der Waals surface area contributed by atoms with Crippen molar-refractivity contribution in [2.45, 2.75) is 27.2 Å². The first-order chi connectivity index (χ1) is 13.5. The molecule has 3 heteroatoms. The van der Waals surface area contributed by atoms with Gasteiger partial charge >= 0.3 is 0 Å². The Morgan fingerprint density at radius 2 is 1.89 bits per heavy atom. The van der Waals surface area contributed by atoms with Crippen LogP contribution in [0.1, 0.15) is 25.8 Å². The Hall–Kier alpha value is -2.49. The van der Waals surface area contributed by atoms with Gasteiger partial charge in [-0.25, -0.2) is 0 Å². The van der Waals surface area contributed by atoms with E-state index in [4.69, 9.17) is 4.52 Å². The van der Waals surface area contributed by atoms with Crippen molar-refractivity contribution in [1.29, 1.82) is 0 Å². The third-order valence-corrected chi connectivity index (χ3v) is 6.97. The van der Waals surface area contributed by atoms with Crippen LogP contribution in [0.25, 0.3) is 0 Å². The van der Waals surface area contributed by atoms with E-state index in [1.165, 1.54) is 11.1 Å². The lowest BCUT2D eigenvalue weighted by Crippen LogP contribution is -2.06. The second-order valence-corrected chi connectivity index (χ2v) is 9.89. The zero-order chi connectivity index (χ0) is 20.2. The molecule has 1 aromatic rings. The van der Waals surface area contributed by atoms with Crippen molar-refractivity contribution in [2.75, 3.05) is 18.9 Å². The normalized spacial score (nSPS) is 18.5. The van der Waals surface area contributed by atoms with E-state index in [0.717, 1.165) is 36.6 Å². The molecule has 0 saturated carbocycles. The Labute approximate surface area is 170 Å². The molecule has 146 valence electrons. The van der Waals surface area contributed by atoms with Gasteiger partial charge in [-0.05, 0) is 80.3 Å². The topological polar surface area (TPSA) is 21.6 Å². The van der Waals surface area contributed by atoms with E-state index < -0.39 is 7.11 Å². The van der Waals surface area contributed by atoms with E-state index in [0.29, 0.717) is 0 Å². The van der Waals surface area contributed by atoms with Crippen molar-refractivity contribution >= 4 is 19.6 Å². The Bertz CT molecular complexity index is 933. The van der Waals surface area contributed by atoms with Crippen LogP contribution >= 0.6 is 7.11 Å². The highest BCUT2D eigenvalue weighted by Crippen LogP contribution is 2.50. The first-order valence-electron chi connectivity index (χ1n) is 9.69. The summed E-state index contributed by atoms with van der Waals surface area (Å²) >= 11 is 0. The van der Waals surface area contributed by atoms with Crippen molar-refractivity contribution < 1.29 is 4.52 Å². The predicted octanol–water partition coefficient (Wildman–Crippen LogP) is 6.53. The van der Waals surface area contributed by atoms with Gasteiger partial charge in [-0.15, -0.1) is 11.5 Å². The summed E-state index contributed by atoms with van der Waals surface area (Å²) in [6.45, 7) is 7.03. The summed E-state index contributed by atoms with van der Waals surface area (Å²) in [5, 5.41) is 0. The SMILES string of the molecule is C=P(CC/C=C\C=NCC)(C/C1=C(\C)C=C=CC=C=C1)Oc1ccccc1C. The predicted molar refractivity (Wildman–Crippen MR) is 126 cm³/mol. The summed E-state index contributed by atoms with van der Waals surface area (Å²) in [6.07, 6.45) is 21.1. The van der Waals surface area contributed by atoms with Crippen LogP contribution in [0, 0.1) is 6.92 Å². The number of hydrogen-bond acceptors (Lipinski definition) is 2. The largest absolute Gasteiger partial charge is 0.477 e. The zero-order valence-electron chi connectivity index (χ0n) is 17.2. The highest BCUT2D eigenvalue weighted by atomic mass is 31.2. The van der Waals surface area contributed by atoms with Crippen molar-refractivity contribution in [3.63, 3.8) is 0 Å². The smallest absolute Gasteiger partial charge is 0.125 e. The van der Waals surface area contributed by atoms with Gasteiger partial charge in [0.15, 0.2) is 0 Å². The fourth-order valence-corrected chi connectivity index (χ4v) is 5.28. The molecule has 0 spiro atoms. The molecule has 0 fully saturated rings. The molecule has 0 heterocycles. The quantitative estimate of drug-likeness (QED) is 0.266. The van der Waals surface area contributed by atoms with Gasteiger partial charge in [0.1, 0.15) is 5.75 Å². The Morgan fingerprint density at radius 1 is 1.14 bits per heavy atom. The second kappa shape index (κ2) is 11.4. The van der Waals surface area contributed by atoms with Crippen LogP contribution in [0.4, 0.5) is 0 Å². The van der Waals surface area contributed by atoms with Crippen molar-refractivity contribution in [3.05, 3.63) is 88.9 Å². The highest BCUT2D eigenvalue weighted by Gasteiger charge is 2.19. The van der Waals surface area contributed by atoms with Crippen LogP contribution < -0.4 is 4.52 Å². The van der Waals surface area contributed by atoms with E-state index in [-0.39, 0.29) is 0 Å². The van der Waals surface area contributed by atoms with Gasteiger partial charge in [0.05, 0.1) is 7.11 Å². The number of para-hydroxylation sites is 1. The molecule has 0 amide bonds. The first-order valence-corrected chi connectivity index (χ1v) is 12.0. The van der Waals surface area contributed by atoms with Gasteiger partial charge in [0, 0.05) is 25.1 Å². The number of aliphatic imine (C=N–C) groups is 1. The third-order valence-electron chi connectivity index (χ3n) is 4.40. The van der Waals surface area contributed by atoms with Crippen LogP contribution in [0.15, 0.2) is 88.3 Å². The highest BCUT2D eigenvalue weighted by molar-refractivity contribution is 7.69. The summed E-state index contributed by atoms with van der Waals surface area (Å²) in [5.74, 6) is 0.932. The maximum atomic E-state index is 6.58. The molecule has 0 aromatic heterocycles. The van der Waals surface area contributed by atoms with Crippen LogP contribution in [0.3, 0.4) is 0 Å². The molecule has 1 aliphatic carbocycles. The molecule has 0 bridgehead atoms. The number of benzene rings is 1. The molecule has 1 aromatic carbocycles. The number of rotatable bonds is 9. The molecule has 0 N–H and O–H groups in total. The number of allylic oxidation sites excluding steroid dienone is 6. The third kappa shape index (κ3) is 7.26. The fraction of sp³-hybridized carbons (Fsp3) is 0.280. The molecule has 1 unspecified atom stereocenters. The summed E-state index contributed by atoms with van der Waals surface area (Å²) in [7, 11) is -1.96. The van der Waals surface area contributed by atoms with Gasteiger partial charge in [-0.2, -0.15) is 0 Å². The van der Waals surface area contributed by atoms with Crippen LogP contribution in [0.2, 0.25) is 0 Å². The molecule has 1 atom stereocenters. The summed E-state index contributed by atoms with van der Waals surface area (Å²) in [5.41, 5.74) is 9.91. The van der Waals surface area contributed by atoms with Gasteiger partial charge in [0.2, 0.25) is 0 Å². The summed E-state index contributed by atoms with van der Waals surface area (Å²) in [6, 6.07) is 8.17.